The van der Waals surface area contributed by atoms with E-state index in [1.54, 1.807) is 29.2 Å². The van der Waals surface area contributed by atoms with E-state index in [0.717, 1.165) is 17.5 Å². The summed E-state index contributed by atoms with van der Waals surface area (Å²) < 4.78 is 13.3. The van der Waals surface area contributed by atoms with Gasteiger partial charge in [0.2, 0.25) is 0 Å². The van der Waals surface area contributed by atoms with Crippen LogP contribution in [0, 0.1) is 5.82 Å². The van der Waals surface area contributed by atoms with Crippen molar-refractivity contribution in [2.45, 2.75) is 6.42 Å². The highest BCUT2D eigenvalue weighted by Gasteiger charge is 2.23. The first-order chi connectivity index (χ1) is 10.1. The number of hydrogen-bond acceptors (Lipinski definition) is 2. The molecular weight excluding hydrogens is 267 g/mol. The number of carbonyl (C=O) groups is 1. The molecule has 0 radical (unpaired) electrons. The number of fused-ring (bicyclic) bond motifs is 1. The van der Waals surface area contributed by atoms with Crippen molar-refractivity contribution < 1.29 is 9.18 Å². The van der Waals surface area contributed by atoms with Gasteiger partial charge in [-0.15, -0.1) is 0 Å². The standard InChI is InChI=1S/C17H15FN2O/c18-14-5-4-13-9-10-20(16(13)11-14)17(21)8-3-12-1-6-15(19)7-2-12/h1-8,11H,9-10,19H2/b8-3+. The second-order valence-electron chi connectivity index (χ2n) is 5.01. The Hall–Kier alpha value is -2.62. The van der Waals surface area contributed by atoms with Crippen LogP contribution in [0.1, 0.15) is 11.1 Å². The second-order valence-corrected chi connectivity index (χ2v) is 5.01. The quantitative estimate of drug-likeness (QED) is 0.680. The fourth-order valence-corrected chi connectivity index (χ4v) is 2.45. The van der Waals surface area contributed by atoms with Gasteiger partial charge in [-0.2, -0.15) is 0 Å². The number of amides is 1. The van der Waals surface area contributed by atoms with E-state index in [4.69, 9.17) is 5.73 Å². The van der Waals surface area contributed by atoms with Gasteiger partial charge in [0.1, 0.15) is 5.82 Å². The lowest BCUT2D eigenvalue weighted by atomic mass is 10.1. The molecule has 0 aliphatic carbocycles. The van der Waals surface area contributed by atoms with Gasteiger partial charge in [0.25, 0.3) is 5.91 Å². The molecule has 1 aliphatic rings. The number of benzene rings is 2. The van der Waals surface area contributed by atoms with Gasteiger partial charge < -0.3 is 10.6 Å². The maximum Gasteiger partial charge on any atom is 0.251 e. The van der Waals surface area contributed by atoms with Crippen molar-refractivity contribution in [3.8, 4) is 0 Å². The molecule has 2 aromatic carbocycles. The minimum absolute atomic E-state index is 0.142. The Bertz CT molecular complexity index is 707. The van der Waals surface area contributed by atoms with Gasteiger partial charge in [-0.3, -0.25) is 4.79 Å². The van der Waals surface area contributed by atoms with Gasteiger partial charge in [0.05, 0.1) is 5.69 Å². The summed E-state index contributed by atoms with van der Waals surface area (Å²) in [6.07, 6.45) is 4.00. The molecule has 1 amide bonds. The van der Waals surface area contributed by atoms with Crippen LogP contribution in [-0.4, -0.2) is 12.5 Å². The Morgan fingerprint density at radius 2 is 1.95 bits per heavy atom. The van der Waals surface area contributed by atoms with E-state index in [0.29, 0.717) is 17.9 Å². The van der Waals surface area contributed by atoms with Crippen LogP contribution in [0.3, 0.4) is 0 Å². The molecule has 2 aromatic rings. The molecule has 106 valence electrons. The summed E-state index contributed by atoms with van der Waals surface area (Å²) in [7, 11) is 0. The molecule has 0 saturated carbocycles. The van der Waals surface area contributed by atoms with E-state index >= 15 is 0 Å². The van der Waals surface area contributed by atoms with Gasteiger partial charge in [-0.05, 0) is 47.9 Å². The van der Waals surface area contributed by atoms with Crippen molar-refractivity contribution in [3.05, 3.63) is 65.5 Å². The number of carbonyl (C=O) groups excluding carboxylic acids is 1. The molecule has 0 spiro atoms. The second kappa shape index (κ2) is 5.40. The molecule has 1 aliphatic heterocycles. The fourth-order valence-electron chi connectivity index (χ4n) is 2.45. The molecule has 1 heterocycles. The zero-order valence-electron chi connectivity index (χ0n) is 11.4. The Kier molecular flexibility index (Phi) is 3.44. The highest BCUT2D eigenvalue weighted by molar-refractivity contribution is 6.05. The van der Waals surface area contributed by atoms with E-state index in [2.05, 4.69) is 0 Å². The summed E-state index contributed by atoms with van der Waals surface area (Å²) in [6.45, 7) is 0.587. The number of nitrogens with two attached hydrogens (primary N) is 1. The first-order valence-corrected chi connectivity index (χ1v) is 6.77. The molecule has 3 nitrogen and oxygen atoms in total. The van der Waals surface area contributed by atoms with Gasteiger partial charge in [0.15, 0.2) is 0 Å². The third-order valence-corrected chi connectivity index (χ3v) is 3.56. The minimum atomic E-state index is -0.323. The van der Waals surface area contributed by atoms with Gasteiger partial charge in [-0.25, -0.2) is 4.39 Å². The predicted molar refractivity (Wildman–Crippen MR) is 82.3 cm³/mol. The summed E-state index contributed by atoms with van der Waals surface area (Å²) in [6, 6.07) is 11.8. The van der Waals surface area contributed by atoms with E-state index in [1.807, 2.05) is 12.1 Å². The highest BCUT2D eigenvalue weighted by Crippen LogP contribution is 2.28. The van der Waals surface area contributed by atoms with Crippen molar-refractivity contribution in [2.75, 3.05) is 17.2 Å². The number of nitrogens with zero attached hydrogens (tertiary/aromatic N) is 1. The lowest BCUT2D eigenvalue weighted by molar-refractivity contribution is -0.114. The molecule has 0 fully saturated rings. The van der Waals surface area contributed by atoms with Gasteiger partial charge in [0, 0.05) is 18.3 Å². The molecular formula is C17H15FN2O. The molecule has 4 heteroatoms. The lowest BCUT2D eigenvalue weighted by Crippen LogP contribution is -2.26. The van der Waals surface area contributed by atoms with Gasteiger partial charge >= 0.3 is 0 Å². The molecule has 21 heavy (non-hydrogen) atoms. The van der Waals surface area contributed by atoms with E-state index in [9.17, 15) is 9.18 Å². The van der Waals surface area contributed by atoms with Crippen LogP contribution in [0.2, 0.25) is 0 Å². The molecule has 2 N–H and O–H groups in total. The number of nitrogen functional groups attached to an aromatic ring is 1. The summed E-state index contributed by atoms with van der Waals surface area (Å²) in [5, 5.41) is 0. The van der Waals surface area contributed by atoms with Crippen LogP contribution in [0.15, 0.2) is 48.5 Å². The zero-order valence-corrected chi connectivity index (χ0v) is 11.4. The molecule has 0 aromatic heterocycles. The normalized spacial score (nSPS) is 13.7. The largest absolute Gasteiger partial charge is 0.399 e. The van der Waals surface area contributed by atoms with Crippen molar-refractivity contribution in [2.24, 2.45) is 0 Å². The van der Waals surface area contributed by atoms with Crippen LogP contribution in [0.4, 0.5) is 15.8 Å². The maximum atomic E-state index is 13.3. The predicted octanol–water partition coefficient (Wildman–Crippen LogP) is 3.01. The van der Waals surface area contributed by atoms with Crippen LogP contribution in [-0.2, 0) is 11.2 Å². The monoisotopic (exact) mass is 282 g/mol. The van der Waals surface area contributed by atoms with Crippen LogP contribution < -0.4 is 10.6 Å². The topological polar surface area (TPSA) is 46.3 Å². The number of halogens is 1. The Balaban J connectivity index is 1.78. The highest BCUT2D eigenvalue weighted by atomic mass is 19.1. The molecule has 0 unspecified atom stereocenters. The van der Waals surface area contributed by atoms with E-state index < -0.39 is 0 Å². The van der Waals surface area contributed by atoms with Crippen LogP contribution in [0.25, 0.3) is 6.08 Å². The third kappa shape index (κ3) is 2.79. The third-order valence-electron chi connectivity index (χ3n) is 3.56. The Morgan fingerprint density at radius 3 is 2.71 bits per heavy atom. The molecule has 0 saturated heterocycles. The summed E-state index contributed by atoms with van der Waals surface area (Å²) >= 11 is 0. The van der Waals surface area contributed by atoms with Crippen molar-refractivity contribution in [1.29, 1.82) is 0 Å². The Morgan fingerprint density at radius 1 is 1.19 bits per heavy atom. The molecule has 0 atom stereocenters. The summed E-state index contributed by atoms with van der Waals surface area (Å²) in [4.78, 5) is 13.9. The van der Waals surface area contributed by atoms with Crippen LogP contribution >= 0.6 is 0 Å². The average Bonchev–Trinajstić information content (AvgIpc) is 2.89. The van der Waals surface area contributed by atoms with Crippen molar-refractivity contribution >= 4 is 23.4 Å². The molecule has 0 bridgehead atoms. The molecule has 3 rings (SSSR count). The maximum absolute atomic E-state index is 13.3. The Labute approximate surface area is 122 Å². The zero-order chi connectivity index (χ0) is 14.8. The van der Waals surface area contributed by atoms with E-state index in [-0.39, 0.29) is 11.7 Å². The number of hydrogen-bond donors (Lipinski definition) is 1. The number of rotatable bonds is 2. The summed E-state index contributed by atoms with van der Waals surface area (Å²) in [5.41, 5.74) is 8.87. The summed E-state index contributed by atoms with van der Waals surface area (Å²) in [5.74, 6) is -0.466. The number of anilines is 2. The smallest absolute Gasteiger partial charge is 0.251 e. The van der Waals surface area contributed by atoms with Gasteiger partial charge in [-0.1, -0.05) is 18.2 Å². The fraction of sp³-hybridized carbons (Fsp3) is 0.118. The van der Waals surface area contributed by atoms with Crippen LogP contribution in [0.5, 0.6) is 0 Å². The van der Waals surface area contributed by atoms with Crippen molar-refractivity contribution in [3.63, 3.8) is 0 Å². The average molecular weight is 282 g/mol. The first-order valence-electron chi connectivity index (χ1n) is 6.77. The van der Waals surface area contributed by atoms with E-state index in [1.165, 1.54) is 18.2 Å². The minimum Gasteiger partial charge on any atom is -0.399 e. The van der Waals surface area contributed by atoms with Crippen molar-refractivity contribution in [1.82, 2.24) is 0 Å². The first kappa shape index (κ1) is 13.4. The lowest BCUT2D eigenvalue weighted by Gasteiger charge is -2.15. The SMILES string of the molecule is Nc1ccc(/C=C/C(=O)N2CCc3ccc(F)cc32)cc1.